The molecular formula is C16H15ClO3S. The molecule has 0 bridgehead atoms. The van der Waals surface area contributed by atoms with E-state index in [-0.39, 0.29) is 17.2 Å². The van der Waals surface area contributed by atoms with Crippen LogP contribution >= 0.6 is 11.6 Å². The van der Waals surface area contributed by atoms with Gasteiger partial charge in [-0.1, -0.05) is 48.5 Å². The fourth-order valence-electron chi connectivity index (χ4n) is 3.08. The van der Waals surface area contributed by atoms with E-state index in [1.54, 1.807) is 48.5 Å². The van der Waals surface area contributed by atoms with Gasteiger partial charge in [-0.05, 0) is 18.1 Å². The van der Waals surface area contributed by atoms with Crippen molar-refractivity contribution in [1.82, 2.24) is 0 Å². The van der Waals surface area contributed by atoms with E-state index in [0.29, 0.717) is 11.1 Å². The van der Waals surface area contributed by atoms with Crippen LogP contribution in [0.4, 0.5) is 0 Å². The van der Waals surface area contributed by atoms with Crippen LogP contribution in [-0.4, -0.2) is 24.7 Å². The van der Waals surface area contributed by atoms with Crippen LogP contribution in [0.2, 0.25) is 0 Å². The number of halogens is 1. The molecule has 0 amide bonds. The second kappa shape index (κ2) is 5.13. The second-order valence-corrected chi connectivity index (χ2v) is 7.62. The summed E-state index contributed by atoms with van der Waals surface area (Å²) in [6.45, 7) is 0. The number of alkyl halides is 1. The maximum atomic E-state index is 12.7. The Hall–Kier alpha value is -1.36. The molecule has 1 aliphatic heterocycles. The van der Waals surface area contributed by atoms with Crippen LogP contribution in [0.3, 0.4) is 0 Å². The molecule has 3 nitrogen and oxygen atoms in total. The lowest BCUT2D eigenvalue weighted by Gasteiger charge is -2.30. The van der Waals surface area contributed by atoms with Gasteiger partial charge in [0.25, 0.3) is 0 Å². The molecule has 0 fully saturated rings. The predicted molar refractivity (Wildman–Crippen MR) is 82.2 cm³/mol. The molecule has 3 rings (SSSR count). The fourth-order valence-corrected chi connectivity index (χ4v) is 5.67. The zero-order chi connectivity index (χ0) is 15.1. The Morgan fingerprint density at radius 3 is 2.33 bits per heavy atom. The molecule has 1 heterocycles. The zero-order valence-corrected chi connectivity index (χ0v) is 12.8. The second-order valence-electron chi connectivity index (χ2n) is 5.14. The van der Waals surface area contributed by atoms with E-state index in [4.69, 9.17) is 11.6 Å². The lowest BCUT2D eigenvalue weighted by Crippen LogP contribution is -2.39. The Morgan fingerprint density at radius 1 is 1.05 bits per heavy atom. The summed E-state index contributed by atoms with van der Waals surface area (Å²) >= 11 is 5.79. The molecule has 110 valence electrons. The van der Waals surface area contributed by atoms with Crippen molar-refractivity contribution in [3.05, 3.63) is 65.7 Å². The third-order valence-electron chi connectivity index (χ3n) is 4.03. The first-order valence-corrected chi connectivity index (χ1v) is 8.78. The van der Waals surface area contributed by atoms with E-state index < -0.39 is 20.7 Å². The van der Waals surface area contributed by atoms with Crippen LogP contribution in [0.25, 0.3) is 0 Å². The van der Waals surface area contributed by atoms with Gasteiger partial charge < -0.3 is 5.11 Å². The zero-order valence-electron chi connectivity index (χ0n) is 11.2. The van der Waals surface area contributed by atoms with Crippen LogP contribution in [0.1, 0.15) is 17.5 Å². The van der Waals surface area contributed by atoms with Gasteiger partial charge in [0.1, 0.15) is 10.9 Å². The average Bonchev–Trinajstić information content (AvgIpc) is 2.69. The quantitative estimate of drug-likeness (QED) is 0.884. The predicted octanol–water partition coefficient (Wildman–Crippen LogP) is 2.71. The molecule has 1 N–H and O–H groups in total. The minimum Gasteiger partial charge on any atom is -0.379 e. The van der Waals surface area contributed by atoms with Gasteiger partial charge in [0.2, 0.25) is 0 Å². The normalized spacial score (nSPS) is 26.5. The summed E-state index contributed by atoms with van der Waals surface area (Å²) in [4.78, 5) is 0.200. The fraction of sp³-hybridized carbons (Fsp3) is 0.250. The highest BCUT2D eigenvalue weighted by Crippen LogP contribution is 2.48. The first-order valence-electron chi connectivity index (χ1n) is 6.70. The first kappa shape index (κ1) is 14.6. The van der Waals surface area contributed by atoms with Crippen molar-refractivity contribution in [3.63, 3.8) is 0 Å². The molecule has 0 unspecified atom stereocenters. The molecule has 2 aromatic carbocycles. The van der Waals surface area contributed by atoms with Crippen LogP contribution in [0.15, 0.2) is 59.5 Å². The van der Waals surface area contributed by atoms with Gasteiger partial charge in [-0.25, -0.2) is 8.42 Å². The van der Waals surface area contributed by atoms with Crippen molar-refractivity contribution in [2.75, 3.05) is 5.88 Å². The van der Waals surface area contributed by atoms with E-state index in [1.165, 1.54) is 0 Å². The molecule has 1 aliphatic rings. The number of fused-ring (bicyclic) bond motifs is 1. The molecule has 0 saturated heterocycles. The topological polar surface area (TPSA) is 54.4 Å². The van der Waals surface area contributed by atoms with Crippen molar-refractivity contribution in [1.29, 1.82) is 0 Å². The minimum absolute atomic E-state index is 0.174. The maximum Gasteiger partial charge on any atom is 0.185 e. The lowest BCUT2D eigenvalue weighted by atomic mass is 9.83. The molecule has 0 radical (unpaired) electrons. The number of aliphatic hydroxyl groups is 1. The molecule has 0 aliphatic carbocycles. The van der Waals surface area contributed by atoms with Crippen LogP contribution in [0, 0.1) is 0 Å². The van der Waals surface area contributed by atoms with E-state index >= 15 is 0 Å². The standard InChI is InChI=1S/C16H15ClO3S/c17-11-10-15-16(18,12-6-2-1-3-7-12)13-8-4-5-9-14(13)21(15,19)20/h1-9,15,18H,10-11H2/t15-,16+/m0/s1. The van der Waals surface area contributed by atoms with Gasteiger partial charge in [0.15, 0.2) is 9.84 Å². The molecule has 2 aromatic rings. The SMILES string of the molecule is O=S1(=O)c2ccccc2[C@](O)(c2ccccc2)[C@@H]1CCCl. The molecule has 2 atom stereocenters. The van der Waals surface area contributed by atoms with Gasteiger partial charge >= 0.3 is 0 Å². The van der Waals surface area contributed by atoms with Gasteiger partial charge in [0, 0.05) is 11.4 Å². The van der Waals surface area contributed by atoms with Crippen molar-refractivity contribution in [2.45, 2.75) is 22.2 Å². The van der Waals surface area contributed by atoms with Gasteiger partial charge in [-0.3, -0.25) is 0 Å². The van der Waals surface area contributed by atoms with E-state index in [0.717, 1.165) is 0 Å². The summed E-state index contributed by atoms with van der Waals surface area (Å²) in [5.74, 6) is 0.174. The van der Waals surface area contributed by atoms with E-state index in [2.05, 4.69) is 0 Å². The molecular weight excluding hydrogens is 308 g/mol. The third kappa shape index (κ3) is 2.01. The molecule has 0 aromatic heterocycles. The Labute approximate surface area is 129 Å². The highest BCUT2D eigenvalue weighted by Gasteiger charge is 2.55. The average molecular weight is 323 g/mol. The van der Waals surface area contributed by atoms with Crippen LogP contribution in [0.5, 0.6) is 0 Å². The van der Waals surface area contributed by atoms with Crippen molar-refractivity contribution in [3.8, 4) is 0 Å². The summed E-state index contributed by atoms with van der Waals surface area (Å²) in [6.07, 6.45) is 0.198. The highest BCUT2D eigenvalue weighted by atomic mass is 35.5. The van der Waals surface area contributed by atoms with Crippen LogP contribution in [-0.2, 0) is 15.4 Å². The Bertz CT molecular complexity index is 758. The van der Waals surface area contributed by atoms with E-state index in [1.807, 2.05) is 6.07 Å². The Morgan fingerprint density at radius 2 is 1.67 bits per heavy atom. The highest BCUT2D eigenvalue weighted by molar-refractivity contribution is 7.92. The van der Waals surface area contributed by atoms with Gasteiger partial charge in [0.05, 0.1) is 4.90 Å². The Kier molecular flexibility index (Phi) is 3.56. The van der Waals surface area contributed by atoms with Crippen molar-refractivity contribution >= 4 is 21.4 Å². The number of hydrogen-bond acceptors (Lipinski definition) is 3. The molecule has 5 heteroatoms. The summed E-state index contributed by atoms with van der Waals surface area (Å²) in [7, 11) is -3.60. The van der Waals surface area contributed by atoms with Crippen LogP contribution < -0.4 is 0 Å². The number of rotatable bonds is 3. The monoisotopic (exact) mass is 322 g/mol. The lowest BCUT2D eigenvalue weighted by molar-refractivity contribution is 0.0774. The summed E-state index contributed by atoms with van der Waals surface area (Å²) in [5, 5.41) is 10.3. The summed E-state index contributed by atoms with van der Waals surface area (Å²) < 4.78 is 25.5. The van der Waals surface area contributed by atoms with E-state index in [9.17, 15) is 13.5 Å². The third-order valence-corrected chi connectivity index (χ3v) is 6.54. The summed E-state index contributed by atoms with van der Waals surface area (Å²) in [5.41, 5.74) is -0.536. The van der Waals surface area contributed by atoms with Crippen molar-refractivity contribution in [2.24, 2.45) is 0 Å². The minimum atomic E-state index is -3.60. The Balaban J connectivity index is 2.31. The number of sulfone groups is 1. The molecule has 0 spiro atoms. The smallest absolute Gasteiger partial charge is 0.185 e. The van der Waals surface area contributed by atoms with Crippen molar-refractivity contribution < 1.29 is 13.5 Å². The number of benzene rings is 2. The summed E-state index contributed by atoms with van der Waals surface area (Å²) in [6, 6.07) is 15.5. The maximum absolute atomic E-state index is 12.7. The molecule has 0 saturated carbocycles. The molecule has 21 heavy (non-hydrogen) atoms. The van der Waals surface area contributed by atoms with Gasteiger partial charge in [-0.15, -0.1) is 11.6 Å². The number of hydrogen-bond donors (Lipinski definition) is 1. The first-order chi connectivity index (χ1) is 10.0. The van der Waals surface area contributed by atoms with Gasteiger partial charge in [-0.2, -0.15) is 0 Å². The largest absolute Gasteiger partial charge is 0.379 e.